The number of nitrogens with zero attached hydrogens (tertiary/aromatic N) is 1. The summed E-state index contributed by atoms with van der Waals surface area (Å²) in [6.07, 6.45) is 0.762. The highest BCUT2D eigenvalue weighted by Crippen LogP contribution is 2.14. The highest BCUT2D eigenvalue weighted by atomic mass is 32.2. The van der Waals surface area contributed by atoms with Gasteiger partial charge in [-0.2, -0.15) is 8.42 Å². The molecule has 0 bridgehead atoms. The van der Waals surface area contributed by atoms with E-state index in [1.807, 2.05) is 0 Å². The fourth-order valence-electron chi connectivity index (χ4n) is 0.925. The molecule has 0 saturated heterocycles. The molecule has 18 heavy (non-hydrogen) atoms. The first-order chi connectivity index (χ1) is 8.02. The van der Waals surface area contributed by atoms with Gasteiger partial charge in [-0.15, -0.1) is 0 Å². The van der Waals surface area contributed by atoms with Crippen LogP contribution in [0.5, 0.6) is 0 Å². The molecule has 0 rings (SSSR count). The molecule has 1 N–H and O–H groups in total. The summed E-state index contributed by atoms with van der Waals surface area (Å²) in [6.45, 7) is 3.28. The smallest absolute Gasteiger partial charge is 0.334 e. The molecule has 0 aliphatic heterocycles. The number of amides is 1. The van der Waals surface area contributed by atoms with Gasteiger partial charge in [0.15, 0.2) is 5.54 Å². The largest absolute Gasteiger partial charge is 0.464 e. The lowest BCUT2D eigenvalue weighted by Crippen LogP contribution is -2.53. The van der Waals surface area contributed by atoms with Crippen molar-refractivity contribution in [2.45, 2.75) is 26.3 Å². The highest BCUT2D eigenvalue weighted by Gasteiger charge is 2.39. The van der Waals surface area contributed by atoms with Crippen LogP contribution >= 0.6 is 0 Å². The molecule has 0 aromatic heterocycles. The van der Waals surface area contributed by atoms with Crippen molar-refractivity contribution in [1.82, 2.24) is 5.06 Å². The van der Waals surface area contributed by atoms with E-state index in [9.17, 15) is 23.2 Å². The van der Waals surface area contributed by atoms with Gasteiger partial charge >= 0.3 is 5.97 Å². The van der Waals surface area contributed by atoms with Gasteiger partial charge in [0.05, 0.1) is 12.9 Å². The Hall–Kier alpha value is -1.19. The Morgan fingerprint density at radius 1 is 1.33 bits per heavy atom. The molecule has 0 aromatic rings. The second kappa shape index (κ2) is 6.12. The topological polar surface area (TPSA) is 110 Å². The molecular formula is C9H17NO7S. The Morgan fingerprint density at radius 3 is 2.22 bits per heavy atom. The number of esters is 1. The van der Waals surface area contributed by atoms with Gasteiger partial charge in [-0.25, -0.2) is 9.86 Å². The number of carbonyl (C=O) groups excluding carboxylic acids is 2. The molecular weight excluding hydrogens is 266 g/mol. The standard InChI is InChI=1S/C9H17NO7S/c1-5-16-8(12)9(2,3)10(13)7(11)6-17-18(4,14)15/h13H,5-6H2,1-4H3. The summed E-state index contributed by atoms with van der Waals surface area (Å²) in [5.41, 5.74) is -1.63. The van der Waals surface area contributed by atoms with E-state index in [2.05, 4.69) is 8.92 Å². The van der Waals surface area contributed by atoms with Crippen LogP contribution in [0, 0.1) is 0 Å². The van der Waals surface area contributed by atoms with E-state index in [0.717, 1.165) is 6.26 Å². The van der Waals surface area contributed by atoms with E-state index in [-0.39, 0.29) is 11.7 Å². The molecule has 1 amide bonds. The summed E-state index contributed by atoms with van der Waals surface area (Å²) >= 11 is 0. The predicted octanol–water partition coefficient (Wildman–Crippen LogP) is -0.478. The van der Waals surface area contributed by atoms with Crippen LogP contribution in [0.15, 0.2) is 0 Å². The first-order valence-electron chi connectivity index (χ1n) is 5.06. The minimum Gasteiger partial charge on any atom is -0.464 e. The highest BCUT2D eigenvalue weighted by molar-refractivity contribution is 7.86. The summed E-state index contributed by atoms with van der Waals surface area (Å²) in [5.74, 6) is -1.89. The molecule has 0 saturated carbocycles. The van der Waals surface area contributed by atoms with Gasteiger partial charge in [0.25, 0.3) is 16.0 Å². The van der Waals surface area contributed by atoms with Crippen molar-refractivity contribution < 1.29 is 32.1 Å². The Morgan fingerprint density at radius 2 is 1.83 bits per heavy atom. The molecule has 0 aromatic carbocycles. The zero-order valence-corrected chi connectivity index (χ0v) is 11.5. The molecule has 0 radical (unpaired) electrons. The number of hydrogen-bond acceptors (Lipinski definition) is 7. The summed E-state index contributed by atoms with van der Waals surface area (Å²) < 4.78 is 30.2. The van der Waals surface area contributed by atoms with Crippen molar-refractivity contribution >= 4 is 22.0 Å². The van der Waals surface area contributed by atoms with Gasteiger partial charge in [0.1, 0.15) is 6.61 Å². The Labute approximate surface area is 106 Å². The first-order valence-corrected chi connectivity index (χ1v) is 6.87. The van der Waals surface area contributed by atoms with Crippen molar-refractivity contribution in [1.29, 1.82) is 0 Å². The van der Waals surface area contributed by atoms with E-state index in [1.54, 1.807) is 6.92 Å². The summed E-state index contributed by atoms with van der Waals surface area (Å²) in [4.78, 5) is 22.9. The minimum atomic E-state index is -3.80. The molecule has 9 heteroatoms. The van der Waals surface area contributed by atoms with Crippen LogP contribution in [-0.2, 0) is 28.6 Å². The average molecular weight is 283 g/mol. The molecule has 0 spiro atoms. The maximum Gasteiger partial charge on any atom is 0.334 e. The van der Waals surface area contributed by atoms with E-state index in [1.165, 1.54) is 13.8 Å². The maximum atomic E-state index is 11.5. The van der Waals surface area contributed by atoms with E-state index in [4.69, 9.17) is 0 Å². The first kappa shape index (κ1) is 16.8. The van der Waals surface area contributed by atoms with Crippen molar-refractivity contribution in [3.8, 4) is 0 Å². The SMILES string of the molecule is CCOC(=O)C(C)(C)N(O)C(=O)COS(C)(=O)=O. The van der Waals surface area contributed by atoms with Crippen molar-refractivity contribution in [2.24, 2.45) is 0 Å². The lowest BCUT2D eigenvalue weighted by molar-refractivity contribution is -0.204. The monoisotopic (exact) mass is 283 g/mol. The Balaban J connectivity index is 4.67. The third kappa shape index (κ3) is 4.98. The molecule has 0 aliphatic rings. The molecule has 0 heterocycles. The van der Waals surface area contributed by atoms with E-state index in [0.29, 0.717) is 0 Å². The summed E-state index contributed by atoms with van der Waals surface area (Å²) in [5, 5.41) is 9.64. The molecule has 0 atom stereocenters. The number of hydroxylamine groups is 2. The van der Waals surface area contributed by atoms with Crippen LogP contribution in [0.2, 0.25) is 0 Å². The maximum absolute atomic E-state index is 11.5. The van der Waals surface area contributed by atoms with Gasteiger partial charge in [-0.3, -0.25) is 14.2 Å². The fraction of sp³-hybridized carbons (Fsp3) is 0.778. The summed E-state index contributed by atoms with van der Waals surface area (Å²) in [7, 11) is -3.80. The zero-order chi connectivity index (χ0) is 14.6. The zero-order valence-electron chi connectivity index (χ0n) is 10.7. The van der Waals surface area contributed by atoms with Crippen LogP contribution in [0.3, 0.4) is 0 Å². The Kier molecular flexibility index (Phi) is 5.71. The number of carbonyl (C=O) groups is 2. The van der Waals surface area contributed by atoms with Gasteiger partial charge in [-0.1, -0.05) is 0 Å². The van der Waals surface area contributed by atoms with E-state index < -0.39 is 34.1 Å². The summed E-state index contributed by atoms with van der Waals surface area (Å²) in [6, 6.07) is 0. The number of rotatable bonds is 6. The fourth-order valence-corrected chi connectivity index (χ4v) is 1.24. The number of hydrogen-bond donors (Lipinski definition) is 1. The molecule has 0 unspecified atom stereocenters. The average Bonchev–Trinajstić information content (AvgIpc) is 2.24. The molecule has 0 aliphatic carbocycles. The second-order valence-electron chi connectivity index (χ2n) is 3.95. The van der Waals surface area contributed by atoms with Crippen molar-refractivity contribution in [2.75, 3.05) is 19.5 Å². The van der Waals surface area contributed by atoms with Gasteiger partial charge < -0.3 is 4.74 Å². The van der Waals surface area contributed by atoms with Crippen LogP contribution in [0.4, 0.5) is 0 Å². The molecule has 106 valence electrons. The quantitative estimate of drug-likeness (QED) is 0.303. The predicted molar refractivity (Wildman–Crippen MR) is 60.1 cm³/mol. The van der Waals surface area contributed by atoms with E-state index >= 15 is 0 Å². The second-order valence-corrected chi connectivity index (χ2v) is 5.60. The van der Waals surface area contributed by atoms with Crippen molar-refractivity contribution in [3.63, 3.8) is 0 Å². The minimum absolute atomic E-state index is 0.0874. The van der Waals surface area contributed by atoms with Crippen LogP contribution in [0.1, 0.15) is 20.8 Å². The van der Waals surface area contributed by atoms with Crippen LogP contribution < -0.4 is 0 Å². The lowest BCUT2D eigenvalue weighted by atomic mass is 10.1. The third-order valence-electron chi connectivity index (χ3n) is 1.94. The lowest BCUT2D eigenvalue weighted by Gasteiger charge is -2.30. The van der Waals surface area contributed by atoms with Crippen LogP contribution in [0.25, 0.3) is 0 Å². The van der Waals surface area contributed by atoms with Gasteiger partial charge in [0.2, 0.25) is 0 Å². The Bertz CT molecular complexity index is 415. The van der Waals surface area contributed by atoms with Gasteiger partial charge in [-0.05, 0) is 20.8 Å². The third-order valence-corrected chi connectivity index (χ3v) is 2.48. The van der Waals surface area contributed by atoms with Gasteiger partial charge in [0, 0.05) is 0 Å². The number of ether oxygens (including phenoxy) is 1. The van der Waals surface area contributed by atoms with Crippen LogP contribution in [-0.4, -0.2) is 55.6 Å². The molecule has 0 fully saturated rings. The normalized spacial score (nSPS) is 12.1. The molecule has 8 nitrogen and oxygen atoms in total. The van der Waals surface area contributed by atoms with Crippen molar-refractivity contribution in [3.05, 3.63) is 0 Å².